The second-order valence-electron chi connectivity index (χ2n) is 4.42. The van der Waals surface area contributed by atoms with Gasteiger partial charge in [0.15, 0.2) is 0 Å². The Morgan fingerprint density at radius 1 is 1.38 bits per heavy atom. The standard InChI is InChI=1S/C16H16N2O2S/c1-12-11-21-15(18-12)10-17-16(20)14-7-5-13(6-8-14)4-2-3-9-19/h5-8,11,19H,3,9-10H2,1H3,(H,17,20). The van der Waals surface area contributed by atoms with Crippen molar-refractivity contribution in [2.45, 2.75) is 19.9 Å². The molecule has 21 heavy (non-hydrogen) atoms. The van der Waals surface area contributed by atoms with Gasteiger partial charge in [0.05, 0.1) is 13.2 Å². The molecule has 0 radical (unpaired) electrons. The predicted octanol–water partition coefficient (Wildman–Crippen LogP) is 2.12. The fraction of sp³-hybridized carbons (Fsp3) is 0.250. The molecule has 108 valence electrons. The number of carbonyl (C=O) groups excluding carboxylic acids is 1. The molecule has 4 nitrogen and oxygen atoms in total. The van der Waals surface area contributed by atoms with Crippen LogP contribution >= 0.6 is 11.3 Å². The minimum atomic E-state index is -0.127. The molecule has 1 aromatic heterocycles. The number of nitrogens with one attached hydrogen (secondary N) is 1. The summed E-state index contributed by atoms with van der Waals surface area (Å²) in [7, 11) is 0. The van der Waals surface area contributed by atoms with Gasteiger partial charge in [0.1, 0.15) is 5.01 Å². The number of rotatable bonds is 4. The van der Waals surface area contributed by atoms with Gasteiger partial charge in [0, 0.05) is 28.6 Å². The van der Waals surface area contributed by atoms with Gasteiger partial charge in [0.25, 0.3) is 5.91 Å². The molecule has 0 saturated carbocycles. The van der Waals surface area contributed by atoms with Crippen LogP contribution in [-0.4, -0.2) is 22.6 Å². The highest BCUT2D eigenvalue weighted by Gasteiger charge is 2.06. The van der Waals surface area contributed by atoms with Crippen molar-refractivity contribution in [1.29, 1.82) is 0 Å². The Labute approximate surface area is 127 Å². The lowest BCUT2D eigenvalue weighted by molar-refractivity contribution is 0.0951. The van der Waals surface area contributed by atoms with Crippen LogP contribution in [0.4, 0.5) is 0 Å². The molecule has 5 heteroatoms. The van der Waals surface area contributed by atoms with Crippen LogP contribution in [0.1, 0.15) is 33.0 Å². The van der Waals surface area contributed by atoms with Gasteiger partial charge in [-0.3, -0.25) is 4.79 Å². The summed E-state index contributed by atoms with van der Waals surface area (Å²) in [5.41, 5.74) is 2.39. The maximum absolute atomic E-state index is 12.0. The summed E-state index contributed by atoms with van der Waals surface area (Å²) in [4.78, 5) is 16.3. The molecule has 0 unspecified atom stereocenters. The van der Waals surface area contributed by atoms with Gasteiger partial charge in [0.2, 0.25) is 0 Å². The van der Waals surface area contributed by atoms with Gasteiger partial charge in [-0.15, -0.1) is 11.3 Å². The lowest BCUT2D eigenvalue weighted by Crippen LogP contribution is -2.22. The van der Waals surface area contributed by atoms with Gasteiger partial charge in [-0.1, -0.05) is 11.8 Å². The third-order valence-corrected chi connectivity index (χ3v) is 3.65. The first-order valence-electron chi connectivity index (χ1n) is 6.58. The maximum Gasteiger partial charge on any atom is 0.251 e. The summed E-state index contributed by atoms with van der Waals surface area (Å²) < 4.78 is 0. The van der Waals surface area contributed by atoms with Gasteiger partial charge in [-0.05, 0) is 31.2 Å². The fourth-order valence-corrected chi connectivity index (χ4v) is 2.38. The Hall–Kier alpha value is -2.16. The van der Waals surface area contributed by atoms with Crippen molar-refractivity contribution in [2.24, 2.45) is 0 Å². The van der Waals surface area contributed by atoms with E-state index >= 15 is 0 Å². The van der Waals surface area contributed by atoms with E-state index in [2.05, 4.69) is 22.1 Å². The van der Waals surface area contributed by atoms with E-state index in [1.54, 1.807) is 24.3 Å². The summed E-state index contributed by atoms with van der Waals surface area (Å²) in [5.74, 6) is 5.64. The quantitative estimate of drug-likeness (QED) is 0.850. The molecule has 0 spiro atoms. The van der Waals surface area contributed by atoms with Crippen molar-refractivity contribution in [2.75, 3.05) is 6.61 Å². The molecule has 2 aromatic rings. The smallest absolute Gasteiger partial charge is 0.251 e. The molecular weight excluding hydrogens is 284 g/mol. The first-order chi connectivity index (χ1) is 10.2. The van der Waals surface area contributed by atoms with Crippen LogP contribution in [0.3, 0.4) is 0 Å². The van der Waals surface area contributed by atoms with Crippen molar-refractivity contribution in [3.8, 4) is 11.8 Å². The average molecular weight is 300 g/mol. The first kappa shape index (κ1) is 15.2. The van der Waals surface area contributed by atoms with Crippen LogP contribution in [0.25, 0.3) is 0 Å². The number of aliphatic hydroxyl groups is 1. The molecular formula is C16H16N2O2S. The summed E-state index contributed by atoms with van der Waals surface area (Å²) in [6.07, 6.45) is 0.454. The molecule has 0 bridgehead atoms. The van der Waals surface area contributed by atoms with E-state index in [4.69, 9.17) is 5.11 Å². The van der Waals surface area contributed by atoms with Crippen molar-refractivity contribution >= 4 is 17.2 Å². The largest absolute Gasteiger partial charge is 0.395 e. The van der Waals surface area contributed by atoms with E-state index in [-0.39, 0.29) is 12.5 Å². The molecule has 1 heterocycles. The number of aromatic nitrogens is 1. The van der Waals surface area contributed by atoms with Crippen molar-refractivity contribution < 1.29 is 9.90 Å². The van der Waals surface area contributed by atoms with Crippen molar-refractivity contribution in [3.05, 3.63) is 51.5 Å². The van der Waals surface area contributed by atoms with E-state index in [1.165, 1.54) is 11.3 Å². The monoisotopic (exact) mass is 300 g/mol. The molecule has 1 amide bonds. The zero-order valence-electron chi connectivity index (χ0n) is 11.7. The number of carbonyl (C=O) groups is 1. The molecule has 2 rings (SSSR count). The number of thiazole rings is 1. The number of amides is 1. The SMILES string of the molecule is Cc1csc(CNC(=O)c2ccc(C#CCCO)cc2)n1. The van der Waals surface area contributed by atoms with Gasteiger partial charge in [-0.2, -0.15) is 0 Å². The number of hydrogen-bond donors (Lipinski definition) is 2. The second-order valence-corrected chi connectivity index (χ2v) is 5.36. The number of aliphatic hydroxyl groups excluding tert-OH is 1. The highest BCUT2D eigenvalue weighted by atomic mass is 32.1. The Kier molecular flexibility index (Phi) is 5.50. The highest BCUT2D eigenvalue weighted by molar-refractivity contribution is 7.09. The van der Waals surface area contributed by atoms with E-state index < -0.39 is 0 Å². The molecule has 0 aliphatic rings. The van der Waals surface area contributed by atoms with Crippen LogP contribution < -0.4 is 5.32 Å². The van der Waals surface area contributed by atoms with Crippen LogP contribution in [-0.2, 0) is 6.54 Å². The molecule has 0 aliphatic heterocycles. The van der Waals surface area contributed by atoms with Crippen LogP contribution in [0.5, 0.6) is 0 Å². The molecule has 0 fully saturated rings. The van der Waals surface area contributed by atoms with Crippen molar-refractivity contribution in [1.82, 2.24) is 10.3 Å². The topological polar surface area (TPSA) is 62.2 Å². The maximum atomic E-state index is 12.0. The lowest BCUT2D eigenvalue weighted by Gasteiger charge is -2.03. The van der Waals surface area contributed by atoms with E-state index in [1.807, 2.05) is 12.3 Å². The Balaban J connectivity index is 1.92. The first-order valence-corrected chi connectivity index (χ1v) is 7.46. The van der Waals surface area contributed by atoms with E-state index in [0.717, 1.165) is 16.3 Å². The third kappa shape index (κ3) is 4.71. The number of hydrogen-bond acceptors (Lipinski definition) is 4. The predicted molar refractivity (Wildman–Crippen MR) is 83.0 cm³/mol. The molecule has 0 atom stereocenters. The minimum absolute atomic E-state index is 0.0592. The normalized spacial score (nSPS) is 9.81. The summed E-state index contributed by atoms with van der Waals surface area (Å²) >= 11 is 1.54. The molecule has 2 N–H and O–H groups in total. The zero-order chi connectivity index (χ0) is 15.1. The van der Waals surface area contributed by atoms with Crippen LogP contribution in [0.2, 0.25) is 0 Å². The molecule has 0 saturated heterocycles. The Bertz CT molecular complexity index is 666. The van der Waals surface area contributed by atoms with Gasteiger partial charge >= 0.3 is 0 Å². The Morgan fingerprint density at radius 2 is 2.14 bits per heavy atom. The average Bonchev–Trinajstić information content (AvgIpc) is 2.91. The second kappa shape index (κ2) is 7.58. The van der Waals surface area contributed by atoms with E-state index in [0.29, 0.717) is 18.5 Å². The zero-order valence-corrected chi connectivity index (χ0v) is 12.5. The molecule has 0 aliphatic carbocycles. The fourth-order valence-electron chi connectivity index (χ4n) is 1.67. The summed E-state index contributed by atoms with van der Waals surface area (Å²) in [6, 6.07) is 7.08. The molecule has 1 aromatic carbocycles. The summed E-state index contributed by atoms with van der Waals surface area (Å²) in [6.45, 7) is 2.43. The van der Waals surface area contributed by atoms with E-state index in [9.17, 15) is 4.79 Å². The Morgan fingerprint density at radius 3 is 2.76 bits per heavy atom. The number of aryl methyl sites for hydroxylation is 1. The third-order valence-electron chi connectivity index (χ3n) is 2.68. The lowest BCUT2D eigenvalue weighted by atomic mass is 10.1. The number of benzene rings is 1. The van der Waals surface area contributed by atoms with Gasteiger partial charge in [-0.25, -0.2) is 4.98 Å². The van der Waals surface area contributed by atoms with Crippen LogP contribution in [0, 0.1) is 18.8 Å². The minimum Gasteiger partial charge on any atom is -0.395 e. The highest BCUT2D eigenvalue weighted by Crippen LogP contribution is 2.09. The van der Waals surface area contributed by atoms with Crippen LogP contribution in [0.15, 0.2) is 29.6 Å². The van der Waals surface area contributed by atoms with Crippen molar-refractivity contribution in [3.63, 3.8) is 0 Å². The van der Waals surface area contributed by atoms with Gasteiger partial charge < -0.3 is 10.4 Å². The number of nitrogens with zero attached hydrogens (tertiary/aromatic N) is 1. The summed E-state index contributed by atoms with van der Waals surface area (Å²) in [5, 5.41) is 14.4.